The maximum atomic E-state index is 6.03. The summed E-state index contributed by atoms with van der Waals surface area (Å²) in [7, 11) is 0. The Hall–Kier alpha value is -1.22. The van der Waals surface area contributed by atoms with Crippen LogP contribution in [0.1, 0.15) is 17.2 Å². The Morgan fingerprint density at radius 2 is 1.89 bits per heavy atom. The quantitative estimate of drug-likeness (QED) is 0.868. The third-order valence-electron chi connectivity index (χ3n) is 3.23. The molecule has 2 aromatic carbocycles. The number of anilines is 1. The molecule has 4 heteroatoms. The topological polar surface area (TPSA) is 21.3 Å². The van der Waals surface area contributed by atoms with Gasteiger partial charge in [0.1, 0.15) is 0 Å². The maximum absolute atomic E-state index is 6.03. The molecule has 0 fully saturated rings. The summed E-state index contributed by atoms with van der Waals surface area (Å²) < 4.78 is 5.61. The first kappa shape index (κ1) is 12.8. The smallest absolute Gasteiger partial charge is 0.0751 e. The molecule has 19 heavy (non-hydrogen) atoms. The van der Waals surface area contributed by atoms with E-state index < -0.39 is 0 Å². The van der Waals surface area contributed by atoms with E-state index in [9.17, 15) is 0 Å². The Morgan fingerprint density at radius 3 is 2.74 bits per heavy atom. The van der Waals surface area contributed by atoms with Crippen LogP contribution in [0.3, 0.4) is 0 Å². The molecule has 1 aliphatic heterocycles. The summed E-state index contributed by atoms with van der Waals surface area (Å²) in [6.07, 6.45) is 0. The monoisotopic (exact) mass is 293 g/mol. The maximum Gasteiger partial charge on any atom is 0.0751 e. The molecule has 0 aromatic heterocycles. The van der Waals surface area contributed by atoms with E-state index in [1.54, 1.807) is 6.07 Å². The van der Waals surface area contributed by atoms with Gasteiger partial charge >= 0.3 is 0 Å². The highest BCUT2D eigenvalue weighted by atomic mass is 35.5. The average Bonchev–Trinajstić information content (AvgIpc) is 2.43. The minimum atomic E-state index is 0.141. The first-order valence-electron chi connectivity index (χ1n) is 6.11. The zero-order chi connectivity index (χ0) is 13.2. The van der Waals surface area contributed by atoms with Gasteiger partial charge in [0.2, 0.25) is 0 Å². The van der Waals surface area contributed by atoms with Crippen LogP contribution in [0.5, 0.6) is 0 Å². The lowest BCUT2D eigenvalue weighted by atomic mass is 9.99. The highest BCUT2D eigenvalue weighted by molar-refractivity contribution is 6.42. The third-order valence-corrected chi connectivity index (χ3v) is 3.97. The highest BCUT2D eigenvalue weighted by Crippen LogP contribution is 2.30. The standard InChI is InChI=1S/C15H13Cl2NO/c16-13-6-5-11(7-14(13)17)18-15-9-19-8-10-3-1-2-4-12(10)15/h1-7,15,18H,8-9H2. The summed E-state index contributed by atoms with van der Waals surface area (Å²) in [6, 6.07) is 14.0. The minimum Gasteiger partial charge on any atom is -0.376 e. The Labute approximate surface area is 122 Å². The summed E-state index contributed by atoms with van der Waals surface area (Å²) >= 11 is 11.9. The van der Waals surface area contributed by atoms with Gasteiger partial charge in [0, 0.05) is 5.69 Å². The number of benzene rings is 2. The van der Waals surface area contributed by atoms with Crippen LogP contribution in [-0.2, 0) is 11.3 Å². The van der Waals surface area contributed by atoms with E-state index in [0.29, 0.717) is 23.3 Å². The SMILES string of the molecule is Clc1ccc(NC2COCc3ccccc32)cc1Cl. The predicted octanol–water partition coefficient (Wildman–Crippen LogP) is 4.68. The number of hydrogen-bond acceptors (Lipinski definition) is 2. The van der Waals surface area contributed by atoms with E-state index >= 15 is 0 Å². The molecule has 1 unspecified atom stereocenters. The van der Waals surface area contributed by atoms with Gasteiger partial charge in [0.25, 0.3) is 0 Å². The number of halogens is 2. The van der Waals surface area contributed by atoms with Gasteiger partial charge in [-0.2, -0.15) is 0 Å². The van der Waals surface area contributed by atoms with Crippen LogP contribution in [-0.4, -0.2) is 6.61 Å². The van der Waals surface area contributed by atoms with Crippen molar-refractivity contribution < 1.29 is 4.74 Å². The third kappa shape index (κ3) is 2.71. The molecule has 2 aromatic rings. The Bertz CT molecular complexity index is 600. The number of fused-ring (bicyclic) bond motifs is 1. The number of rotatable bonds is 2. The molecular weight excluding hydrogens is 281 g/mol. The van der Waals surface area contributed by atoms with Gasteiger partial charge in [-0.3, -0.25) is 0 Å². The van der Waals surface area contributed by atoms with Crippen molar-refractivity contribution in [2.24, 2.45) is 0 Å². The van der Waals surface area contributed by atoms with E-state index in [4.69, 9.17) is 27.9 Å². The van der Waals surface area contributed by atoms with Crippen molar-refractivity contribution in [3.63, 3.8) is 0 Å². The molecule has 0 radical (unpaired) electrons. The van der Waals surface area contributed by atoms with Crippen LogP contribution in [0.4, 0.5) is 5.69 Å². The number of hydrogen-bond donors (Lipinski definition) is 1. The van der Waals surface area contributed by atoms with Crippen LogP contribution in [0.15, 0.2) is 42.5 Å². The van der Waals surface area contributed by atoms with Crippen LogP contribution >= 0.6 is 23.2 Å². The molecule has 2 nitrogen and oxygen atoms in total. The first-order chi connectivity index (χ1) is 9.24. The van der Waals surface area contributed by atoms with Crippen molar-refractivity contribution in [3.05, 3.63) is 63.6 Å². The number of ether oxygens (including phenoxy) is 1. The molecule has 0 saturated carbocycles. The zero-order valence-electron chi connectivity index (χ0n) is 10.2. The average molecular weight is 294 g/mol. The second kappa shape index (κ2) is 5.41. The van der Waals surface area contributed by atoms with Gasteiger partial charge in [-0.15, -0.1) is 0 Å². The lowest BCUT2D eigenvalue weighted by Gasteiger charge is -2.27. The van der Waals surface area contributed by atoms with Crippen molar-refractivity contribution in [2.45, 2.75) is 12.6 Å². The van der Waals surface area contributed by atoms with Gasteiger partial charge in [-0.1, -0.05) is 47.5 Å². The first-order valence-corrected chi connectivity index (χ1v) is 6.87. The molecule has 1 heterocycles. The normalized spacial score (nSPS) is 17.9. The summed E-state index contributed by atoms with van der Waals surface area (Å²) in [6.45, 7) is 1.33. The largest absolute Gasteiger partial charge is 0.376 e. The van der Waals surface area contributed by atoms with E-state index in [2.05, 4.69) is 17.4 Å². The van der Waals surface area contributed by atoms with Crippen molar-refractivity contribution in [1.29, 1.82) is 0 Å². The summed E-state index contributed by atoms with van der Waals surface area (Å²) in [4.78, 5) is 0. The molecule has 1 aliphatic rings. The Morgan fingerprint density at radius 1 is 1.05 bits per heavy atom. The summed E-state index contributed by atoms with van der Waals surface area (Å²) in [5, 5.41) is 4.55. The molecule has 0 spiro atoms. The molecule has 1 atom stereocenters. The molecule has 0 amide bonds. The second-order valence-corrected chi connectivity index (χ2v) is 5.35. The van der Waals surface area contributed by atoms with Crippen molar-refractivity contribution in [1.82, 2.24) is 0 Å². The summed E-state index contributed by atoms with van der Waals surface area (Å²) in [5.74, 6) is 0. The number of nitrogens with one attached hydrogen (secondary N) is 1. The molecule has 0 saturated heterocycles. The van der Waals surface area contributed by atoms with Crippen LogP contribution in [0, 0.1) is 0 Å². The van der Waals surface area contributed by atoms with Crippen molar-refractivity contribution in [2.75, 3.05) is 11.9 Å². The van der Waals surface area contributed by atoms with Crippen molar-refractivity contribution in [3.8, 4) is 0 Å². The van der Waals surface area contributed by atoms with E-state index in [1.165, 1.54) is 11.1 Å². The van der Waals surface area contributed by atoms with E-state index in [-0.39, 0.29) is 6.04 Å². The Balaban J connectivity index is 1.86. The summed E-state index contributed by atoms with van der Waals surface area (Å²) in [5.41, 5.74) is 3.45. The van der Waals surface area contributed by atoms with Crippen molar-refractivity contribution >= 4 is 28.9 Å². The van der Waals surface area contributed by atoms with Crippen LogP contribution < -0.4 is 5.32 Å². The zero-order valence-corrected chi connectivity index (χ0v) is 11.7. The van der Waals surface area contributed by atoms with E-state index in [0.717, 1.165) is 5.69 Å². The van der Waals surface area contributed by atoms with Gasteiger partial charge in [-0.25, -0.2) is 0 Å². The fourth-order valence-electron chi connectivity index (χ4n) is 2.29. The molecule has 1 N–H and O–H groups in total. The molecule has 0 bridgehead atoms. The molecular formula is C15H13Cl2NO. The fourth-order valence-corrected chi connectivity index (χ4v) is 2.59. The molecule has 98 valence electrons. The lowest BCUT2D eigenvalue weighted by molar-refractivity contribution is 0.0970. The van der Waals surface area contributed by atoms with Gasteiger partial charge in [0.05, 0.1) is 29.3 Å². The molecule has 3 rings (SSSR count). The van der Waals surface area contributed by atoms with E-state index in [1.807, 2.05) is 24.3 Å². The van der Waals surface area contributed by atoms with Crippen LogP contribution in [0.25, 0.3) is 0 Å². The van der Waals surface area contributed by atoms with Gasteiger partial charge in [0.15, 0.2) is 0 Å². The fraction of sp³-hybridized carbons (Fsp3) is 0.200. The van der Waals surface area contributed by atoms with Gasteiger partial charge in [-0.05, 0) is 29.3 Å². The predicted molar refractivity (Wildman–Crippen MR) is 78.9 cm³/mol. The minimum absolute atomic E-state index is 0.141. The lowest BCUT2D eigenvalue weighted by Crippen LogP contribution is -2.23. The Kier molecular flexibility index (Phi) is 3.65. The molecule has 0 aliphatic carbocycles. The van der Waals surface area contributed by atoms with Gasteiger partial charge < -0.3 is 10.1 Å². The van der Waals surface area contributed by atoms with Crippen LogP contribution in [0.2, 0.25) is 10.0 Å². The highest BCUT2D eigenvalue weighted by Gasteiger charge is 2.20. The second-order valence-electron chi connectivity index (χ2n) is 4.54.